The van der Waals surface area contributed by atoms with Crippen LogP contribution < -0.4 is 10.6 Å². The van der Waals surface area contributed by atoms with Crippen molar-refractivity contribution in [2.24, 2.45) is 17.1 Å². The molecule has 1 aliphatic heterocycles. The van der Waals surface area contributed by atoms with Crippen LogP contribution in [0.4, 0.5) is 5.82 Å². The minimum absolute atomic E-state index is 0.365. The molecule has 2 heterocycles. The normalized spacial score (nSPS) is 25.0. The van der Waals surface area contributed by atoms with Crippen molar-refractivity contribution in [3.63, 3.8) is 0 Å². The second kappa shape index (κ2) is 7.20. The van der Waals surface area contributed by atoms with Gasteiger partial charge in [0.05, 0.1) is 12.4 Å². The van der Waals surface area contributed by atoms with E-state index in [1.54, 1.807) is 11.8 Å². The molecular formula is C21H28N4S. The highest BCUT2D eigenvalue weighted by Gasteiger charge is 2.46. The fourth-order valence-electron chi connectivity index (χ4n) is 4.55. The summed E-state index contributed by atoms with van der Waals surface area (Å²) >= 11 is 1.66. The van der Waals surface area contributed by atoms with Crippen LogP contribution in [0.25, 0.3) is 0 Å². The lowest BCUT2D eigenvalue weighted by molar-refractivity contribution is 0.186. The van der Waals surface area contributed by atoms with Crippen molar-refractivity contribution >= 4 is 17.6 Å². The van der Waals surface area contributed by atoms with Crippen molar-refractivity contribution in [2.45, 2.75) is 55.5 Å². The largest absolute Gasteiger partial charge is 0.355 e. The molecule has 2 aromatic rings. The van der Waals surface area contributed by atoms with Crippen molar-refractivity contribution in [1.82, 2.24) is 9.97 Å². The zero-order valence-corrected chi connectivity index (χ0v) is 16.5. The lowest BCUT2D eigenvalue weighted by Gasteiger charge is -2.43. The number of anilines is 1. The molecule has 1 aromatic carbocycles. The first-order valence-corrected chi connectivity index (χ1v) is 10.4. The minimum atomic E-state index is 0.365. The zero-order chi connectivity index (χ0) is 18.1. The molecule has 4 nitrogen and oxygen atoms in total. The molecule has 2 atom stereocenters. The maximum absolute atomic E-state index is 6.53. The van der Waals surface area contributed by atoms with E-state index in [-0.39, 0.29) is 0 Å². The second-order valence-electron chi connectivity index (χ2n) is 8.02. The van der Waals surface area contributed by atoms with E-state index in [4.69, 9.17) is 5.73 Å². The van der Waals surface area contributed by atoms with Crippen molar-refractivity contribution in [3.05, 3.63) is 42.2 Å². The van der Waals surface area contributed by atoms with Gasteiger partial charge in [0.25, 0.3) is 0 Å². The Labute approximate surface area is 160 Å². The van der Waals surface area contributed by atoms with Gasteiger partial charge in [-0.15, -0.1) is 0 Å². The molecular weight excluding hydrogens is 340 g/mol. The van der Waals surface area contributed by atoms with Crippen LogP contribution >= 0.6 is 11.8 Å². The summed E-state index contributed by atoms with van der Waals surface area (Å²) in [4.78, 5) is 12.9. The van der Waals surface area contributed by atoms with Crippen LogP contribution in [-0.4, -0.2) is 29.1 Å². The average Bonchev–Trinajstić information content (AvgIpc) is 2.92. The molecule has 1 saturated heterocycles. The van der Waals surface area contributed by atoms with Crippen LogP contribution in [0.3, 0.4) is 0 Å². The second-order valence-corrected chi connectivity index (χ2v) is 9.12. The smallest absolute Gasteiger partial charge is 0.147 e. The Morgan fingerprint density at radius 3 is 2.58 bits per heavy atom. The van der Waals surface area contributed by atoms with Gasteiger partial charge in [-0.25, -0.2) is 9.97 Å². The quantitative estimate of drug-likeness (QED) is 0.876. The first kappa shape index (κ1) is 17.8. The van der Waals surface area contributed by atoms with Gasteiger partial charge in [-0.3, -0.25) is 0 Å². The predicted molar refractivity (Wildman–Crippen MR) is 108 cm³/mol. The summed E-state index contributed by atoms with van der Waals surface area (Å²) in [6, 6.07) is 8.85. The molecule has 4 rings (SSSR count). The van der Waals surface area contributed by atoms with Crippen LogP contribution in [0.5, 0.6) is 0 Å². The molecule has 0 bridgehead atoms. The van der Waals surface area contributed by atoms with Crippen molar-refractivity contribution < 1.29 is 0 Å². The molecule has 1 spiro atoms. The standard InChI is InChI=1S/C21H28N4S/c1-15-4-3-5-17(12-15)26-19-14-23-18(13-24-19)25-10-8-21(9-11-25)7-6-16(2)20(21)22/h3-5,12-14,16,20H,6-11,22H2,1-2H3. The number of hydrogen-bond donors (Lipinski definition) is 1. The van der Waals surface area contributed by atoms with E-state index in [1.807, 2.05) is 12.4 Å². The van der Waals surface area contributed by atoms with E-state index in [0.29, 0.717) is 17.4 Å². The fraction of sp³-hybridized carbons (Fsp3) is 0.524. The van der Waals surface area contributed by atoms with E-state index in [0.717, 1.165) is 23.9 Å². The van der Waals surface area contributed by atoms with Gasteiger partial charge in [0.2, 0.25) is 0 Å². The molecule has 1 saturated carbocycles. The number of nitrogens with two attached hydrogens (primary N) is 1. The third-order valence-corrected chi connectivity index (χ3v) is 7.24. The van der Waals surface area contributed by atoms with Crippen LogP contribution in [0.15, 0.2) is 46.6 Å². The molecule has 2 fully saturated rings. The fourth-order valence-corrected chi connectivity index (χ4v) is 5.40. The highest BCUT2D eigenvalue weighted by Crippen LogP contribution is 2.48. The number of aromatic nitrogens is 2. The Morgan fingerprint density at radius 1 is 1.15 bits per heavy atom. The van der Waals surface area contributed by atoms with E-state index in [2.05, 4.69) is 53.0 Å². The van der Waals surface area contributed by atoms with Crippen LogP contribution in [0.2, 0.25) is 0 Å². The number of piperidine rings is 1. The Hall–Kier alpha value is -1.59. The van der Waals surface area contributed by atoms with Gasteiger partial charge in [-0.2, -0.15) is 0 Å². The van der Waals surface area contributed by atoms with Gasteiger partial charge in [0.15, 0.2) is 0 Å². The molecule has 0 radical (unpaired) electrons. The topological polar surface area (TPSA) is 55.0 Å². The summed E-state index contributed by atoms with van der Waals surface area (Å²) in [6.45, 7) is 6.50. The molecule has 5 heteroatoms. The van der Waals surface area contributed by atoms with Gasteiger partial charge < -0.3 is 10.6 Å². The van der Waals surface area contributed by atoms with Gasteiger partial charge in [-0.1, -0.05) is 36.4 Å². The van der Waals surface area contributed by atoms with Crippen molar-refractivity contribution in [2.75, 3.05) is 18.0 Å². The SMILES string of the molecule is Cc1cccc(Sc2cnc(N3CCC4(CCC(C)C4N)CC3)cn2)c1. The van der Waals surface area contributed by atoms with Crippen molar-refractivity contribution in [3.8, 4) is 0 Å². The van der Waals surface area contributed by atoms with E-state index in [1.165, 1.54) is 36.1 Å². The molecule has 1 aromatic heterocycles. The predicted octanol–water partition coefficient (Wildman–Crippen LogP) is 4.28. The summed E-state index contributed by atoms with van der Waals surface area (Å²) in [5, 5.41) is 0.944. The Balaban J connectivity index is 1.39. The van der Waals surface area contributed by atoms with Gasteiger partial charge in [0.1, 0.15) is 10.8 Å². The summed E-state index contributed by atoms with van der Waals surface area (Å²) in [5.41, 5.74) is 8.16. The average molecular weight is 369 g/mol. The van der Waals surface area contributed by atoms with Crippen LogP contribution in [0, 0.1) is 18.3 Å². The monoisotopic (exact) mass is 368 g/mol. The maximum Gasteiger partial charge on any atom is 0.147 e. The maximum atomic E-state index is 6.53. The van der Waals surface area contributed by atoms with Crippen molar-refractivity contribution in [1.29, 1.82) is 0 Å². The summed E-state index contributed by atoms with van der Waals surface area (Å²) in [6.07, 6.45) is 8.76. The molecule has 2 unspecified atom stereocenters. The van der Waals surface area contributed by atoms with E-state index in [9.17, 15) is 0 Å². The molecule has 0 amide bonds. The lowest BCUT2D eigenvalue weighted by atomic mass is 9.73. The van der Waals surface area contributed by atoms with Crippen LogP contribution in [-0.2, 0) is 0 Å². The first-order chi connectivity index (χ1) is 12.6. The first-order valence-electron chi connectivity index (χ1n) is 9.63. The molecule has 2 aliphatic rings. The van der Waals surface area contributed by atoms with Gasteiger partial charge in [0, 0.05) is 24.0 Å². The Kier molecular flexibility index (Phi) is 4.93. The van der Waals surface area contributed by atoms with E-state index < -0.39 is 0 Å². The number of benzene rings is 1. The molecule has 138 valence electrons. The Bertz CT molecular complexity index is 753. The molecule has 2 N–H and O–H groups in total. The summed E-state index contributed by atoms with van der Waals surface area (Å²) < 4.78 is 0. The van der Waals surface area contributed by atoms with Crippen LogP contribution in [0.1, 0.15) is 38.2 Å². The zero-order valence-electron chi connectivity index (χ0n) is 15.7. The Morgan fingerprint density at radius 2 is 1.96 bits per heavy atom. The van der Waals surface area contributed by atoms with E-state index >= 15 is 0 Å². The number of aryl methyl sites for hydroxylation is 1. The highest BCUT2D eigenvalue weighted by atomic mass is 32.2. The number of nitrogens with zero attached hydrogens (tertiary/aromatic N) is 3. The summed E-state index contributed by atoms with van der Waals surface area (Å²) in [5.74, 6) is 1.66. The number of hydrogen-bond acceptors (Lipinski definition) is 5. The number of rotatable bonds is 3. The minimum Gasteiger partial charge on any atom is -0.355 e. The summed E-state index contributed by atoms with van der Waals surface area (Å²) in [7, 11) is 0. The molecule has 26 heavy (non-hydrogen) atoms. The third-order valence-electron chi connectivity index (χ3n) is 6.33. The molecule has 1 aliphatic carbocycles. The third kappa shape index (κ3) is 3.47. The lowest BCUT2D eigenvalue weighted by Crippen LogP contribution is -2.48. The van der Waals surface area contributed by atoms with Gasteiger partial charge >= 0.3 is 0 Å². The highest BCUT2D eigenvalue weighted by molar-refractivity contribution is 7.99. The van der Waals surface area contributed by atoms with Gasteiger partial charge in [-0.05, 0) is 56.1 Å².